The summed E-state index contributed by atoms with van der Waals surface area (Å²) in [5, 5.41) is 0. The number of hydrogen-bond acceptors (Lipinski definition) is 3. The third-order valence-corrected chi connectivity index (χ3v) is 4.02. The minimum atomic E-state index is -4.54. The Bertz CT molecular complexity index is 809. The Morgan fingerprint density at radius 3 is 2.09 bits per heavy atom. The van der Waals surface area contributed by atoms with Crippen LogP contribution in [0, 0.1) is 17.5 Å². The molecule has 124 valence electrons. The smallest absolute Gasteiger partial charge is 0.387 e. The van der Waals surface area contributed by atoms with E-state index in [4.69, 9.17) is 0 Å². The Balaban J connectivity index is 2.27. The van der Waals surface area contributed by atoms with Gasteiger partial charge in [0.05, 0.1) is 0 Å². The van der Waals surface area contributed by atoms with Gasteiger partial charge in [-0.25, -0.2) is 21.6 Å². The van der Waals surface area contributed by atoms with Gasteiger partial charge in [-0.2, -0.15) is 8.78 Å². The van der Waals surface area contributed by atoms with Gasteiger partial charge in [0.2, 0.25) is 0 Å². The fraction of sp³-hybridized carbons (Fsp3) is 0.0769. The van der Waals surface area contributed by atoms with Crippen LogP contribution < -0.4 is 9.46 Å². The molecule has 2 aromatic carbocycles. The quantitative estimate of drug-likeness (QED) is 0.661. The first-order valence-electron chi connectivity index (χ1n) is 5.92. The molecular weight excluding hydrogens is 345 g/mol. The van der Waals surface area contributed by atoms with Crippen LogP contribution in [0.3, 0.4) is 0 Å². The molecule has 0 unspecified atom stereocenters. The van der Waals surface area contributed by atoms with Crippen molar-refractivity contribution in [3.05, 3.63) is 53.8 Å². The maximum Gasteiger partial charge on any atom is 0.387 e. The van der Waals surface area contributed by atoms with Crippen molar-refractivity contribution in [2.75, 3.05) is 4.72 Å². The second kappa shape index (κ2) is 6.41. The maximum absolute atomic E-state index is 13.5. The first-order valence-corrected chi connectivity index (χ1v) is 7.40. The molecule has 0 saturated heterocycles. The highest BCUT2D eigenvalue weighted by Crippen LogP contribution is 2.24. The Hall–Kier alpha value is -2.36. The zero-order valence-corrected chi connectivity index (χ0v) is 11.9. The molecule has 0 aliphatic heterocycles. The zero-order valence-electron chi connectivity index (χ0n) is 11.1. The van der Waals surface area contributed by atoms with Crippen molar-refractivity contribution in [1.29, 1.82) is 0 Å². The molecule has 0 radical (unpaired) electrons. The topological polar surface area (TPSA) is 55.4 Å². The lowest BCUT2D eigenvalue weighted by atomic mass is 10.3. The highest BCUT2D eigenvalue weighted by Gasteiger charge is 2.24. The van der Waals surface area contributed by atoms with E-state index in [-0.39, 0.29) is 11.4 Å². The van der Waals surface area contributed by atoms with E-state index in [1.54, 1.807) is 0 Å². The summed E-state index contributed by atoms with van der Waals surface area (Å²) < 4.78 is 93.3. The van der Waals surface area contributed by atoms with Crippen LogP contribution in [-0.2, 0) is 10.0 Å². The molecule has 23 heavy (non-hydrogen) atoms. The number of ether oxygens (including phenoxy) is 1. The van der Waals surface area contributed by atoms with Crippen LogP contribution in [-0.4, -0.2) is 15.0 Å². The summed E-state index contributed by atoms with van der Waals surface area (Å²) in [4.78, 5) is -1.09. The van der Waals surface area contributed by atoms with Crippen LogP contribution in [0.2, 0.25) is 0 Å². The Morgan fingerprint density at radius 1 is 0.913 bits per heavy atom. The monoisotopic (exact) mass is 353 g/mol. The van der Waals surface area contributed by atoms with Gasteiger partial charge in [0.15, 0.2) is 17.5 Å². The minimum absolute atomic E-state index is 0.115. The third kappa shape index (κ3) is 3.89. The van der Waals surface area contributed by atoms with E-state index in [1.807, 2.05) is 4.72 Å². The van der Waals surface area contributed by atoms with Crippen LogP contribution in [0.1, 0.15) is 0 Å². The van der Waals surface area contributed by atoms with Gasteiger partial charge in [-0.1, -0.05) is 0 Å². The molecule has 0 spiro atoms. The molecule has 0 aliphatic carbocycles. The number of hydrogen-bond donors (Lipinski definition) is 1. The molecule has 0 saturated carbocycles. The summed E-state index contributed by atoms with van der Waals surface area (Å²) in [7, 11) is -4.54. The van der Waals surface area contributed by atoms with Crippen molar-refractivity contribution in [3.63, 3.8) is 0 Å². The molecule has 2 aromatic rings. The lowest BCUT2D eigenvalue weighted by Crippen LogP contribution is -2.15. The van der Waals surface area contributed by atoms with Gasteiger partial charge in [0, 0.05) is 5.69 Å². The van der Waals surface area contributed by atoms with Crippen LogP contribution >= 0.6 is 0 Å². The molecule has 2 rings (SSSR count). The fourth-order valence-electron chi connectivity index (χ4n) is 1.63. The Labute approximate surface area is 127 Å². The molecule has 1 N–H and O–H groups in total. The van der Waals surface area contributed by atoms with E-state index in [0.29, 0.717) is 12.1 Å². The summed E-state index contributed by atoms with van der Waals surface area (Å²) in [6, 6.07) is 5.27. The molecule has 0 atom stereocenters. The van der Waals surface area contributed by atoms with E-state index in [2.05, 4.69) is 4.74 Å². The van der Waals surface area contributed by atoms with Gasteiger partial charge in [0.25, 0.3) is 10.0 Å². The molecule has 0 amide bonds. The number of sulfonamides is 1. The first kappa shape index (κ1) is 17.0. The summed E-state index contributed by atoms with van der Waals surface area (Å²) in [6.07, 6.45) is 0. The lowest BCUT2D eigenvalue weighted by molar-refractivity contribution is -0.0498. The predicted octanol–water partition coefficient (Wildman–Crippen LogP) is 3.51. The number of rotatable bonds is 5. The van der Waals surface area contributed by atoms with E-state index in [0.717, 1.165) is 24.3 Å². The molecule has 10 heteroatoms. The number of nitrogens with one attached hydrogen (secondary N) is 1. The summed E-state index contributed by atoms with van der Waals surface area (Å²) in [6.45, 7) is -3.05. The highest BCUT2D eigenvalue weighted by atomic mass is 32.2. The van der Waals surface area contributed by atoms with Crippen molar-refractivity contribution in [3.8, 4) is 5.75 Å². The summed E-state index contributed by atoms with van der Waals surface area (Å²) in [5.74, 6) is -5.54. The van der Waals surface area contributed by atoms with Crippen LogP contribution in [0.4, 0.5) is 27.6 Å². The second-order valence-corrected chi connectivity index (χ2v) is 5.83. The van der Waals surface area contributed by atoms with Crippen LogP contribution in [0.5, 0.6) is 5.75 Å². The molecule has 0 fully saturated rings. The highest BCUT2D eigenvalue weighted by molar-refractivity contribution is 7.92. The Morgan fingerprint density at radius 2 is 1.52 bits per heavy atom. The second-order valence-electron chi connectivity index (χ2n) is 4.18. The summed E-state index contributed by atoms with van der Waals surface area (Å²) in [5.41, 5.74) is -0.115. The van der Waals surface area contributed by atoms with Crippen LogP contribution in [0.25, 0.3) is 0 Å². The Kier molecular flexibility index (Phi) is 4.73. The molecular formula is C13H8F5NO3S. The molecule has 0 aliphatic rings. The molecule has 0 aromatic heterocycles. The van der Waals surface area contributed by atoms with Gasteiger partial charge in [0.1, 0.15) is 10.6 Å². The maximum atomic E-state index is 13.5. The molecule has 0 heterocycles. The number of halogens is 5. The average molecular weight is 353 g/mol. The number of alkyl halides is 2. The van der Waals surface area contributed by atoms with Gasteiger partial charge in [-0.05, 0) is 36.4 Å². The van der Waals surface area contributed by atoms with E-state index >= 15 is 0 Å². The third-order valence-electron chi connectivity index (χ3n) is 2.62. The van der Waals surface area contributed by atoms with Crippen molar-refractivity contribution in [2.45, 2.75) is 11.5 Å². The lowest BCUT2D eigenvalue weighted by Gasteiger charge is -2.10. The van der Waals surface area contributed by atoms with Gasteiger partial charge < -0.3 is 4.74 Å². The summed E-state index contributed by atoms with van der Waals surface area (Å²) >= 11 is 0. The van der Waals surface area contributed by atoms with E-state index in [9.17, 15) is 30.4 Å². The minimum Gasteiger partial charge on any atom is -0.435 e. The van der Waals surface area contributed by atoms with Gasteiger partial charge in [-0.3, -0.25) is 4.72 Å². The normalized spacial score (nSPS) is 11.6. The van der Waals surface area contributed by atoms with Crippen molar-refractivity contribution < 1.29 is 35.1 Å². The molecule has 0 bridgehead atoms. The van der Waals surface area contributed by atoms with E-state index in [1.165, 1.54) is 0 Å². The SMILES string of the molecule is O=S(=O)(Nc1ccc(OC(F)F)cc1)c1ccc(F)c(F)c1F. The van der Waals surface area contributed by atoms with Crippen LogP contribution in [0.15, 0.2) is 41.3 Å². The number of benzene rings is 2. The number of anilines is 1. The molecule has 4 nitrogen and oxygen atoms in total. The zero-order chi connectivity index (χ0) is 17.2. The largest absolute Gasteiger partial charge is 0.435 e. The van der Waals surface area contributed by atoms with E-state index < -0.39 is 39.0 Å². The first-order chi connectivity index (χ1) is 10.7. The fourth-order valence-corrected chi connectivity index (χ4v) is 2.76. The predicted molar refractivity (Wildman–Crippen MR) is 70.2 cm³/mol. The van der Waals surface area contributed by atoms with Crippen molar-refractivity contribution in [2.24, 2.45) is 0 Å². The van der Waals surface area contributed by atoms with Crippen molar-refractivity contribution >= 4 is 15.7 Å². The average Bonchev–Trinajstić information content (AvgIpc) is 2.46. The van der Waals surface area contributed by atoms with Gasteiger partial charge in [-0.15, -0.1) is 0 Å². The standard InChI is InChI=1S/C13H8F5NO3S/c14-9-5-6-10(12(16)11(9)15)23(20,21)19-7-1-3-8(4-2-7)22-13(17)18/h1-6,13,19H. The van der Waals surface area contributed by atoms with Gasteiger partial charge >= 0.3 is 6.61 Å². The van der Waals surface area contributed by atoms with Crippen molar-refractivity contribution in [1.82, 2.24) is 0 Å².